The number of carboxylic acids is 1. The minimum Gasteiger partial charge on any atom is -0.478 e. The summed E-state index contributed by atoms with van der Waals surface area (Å²) < 4.78 is 24.0. The SMILES string of the molecule is O=C(O)c1ccc(S(=O)(=O)NOC2CCCC2)cc1Cl. The van der Waals surface area contributed by atoms with E-state index < -0.39 is 16.0 Å². The van der Waals surface area contributed by atoms with Crippen LogP contribution in [-0.2, 0) is 14.9 Å². The number of rotatable bonds is 5. The number of carboxylic acid groups (broad SMARTS) is 1. The molecule has 2 rings (SSSR count). The van der Waals surface area contributed by atoms with Crippen molar-refractivity contribution < 1.29 is 23.2 Å². The number of hydrogen-bond donors (Lipinski definition) is 2. The predicted octanol–water partition coefficient (Wildman–Crippen LogP) is 2.19. The molecule has 0 saturated heterocycles. The lowest BCUT2D eigenvalue weighted by Crippen LogP contribution is -2.28. The Labute approximate surface area is 121 Å². The third-order valence-electron chi connectivity index (χ3n) is 3.11. The Kier molecular flexibility index (Phi) is 4.64. The van der Waals surface area contributed by atoms with Gasteiger partial charge in [0.25, 0.3) is 10.0 Å². The first kappa shape index (κ1) is 15.2. The lowest BCUT2D eigenvalue weighted by Gasteiger charge is -2.12. The molecule has 1 fully saturated rings. The van der Waals surface area contributed by atoms with Crippen molar-refractivity contribution >= 4 is 27.6 Å². The molecule has 0 spiro atoms. The quantitative estimate of drug-likeness (QED) is 0.811. The van der Waals surface area contributed by atoms with E-state index in [1.54, 1.807) is 0 Å². The van der Waals surface area contributed by atoms with E-state index >= 15 is 0 Å². The van der Waals surface area contributed by atoms with Crippen LogP contribution in [0.3, 0.4) is 0 Å². The number of benzene rings is 1. The molecule has 1 saturated carbocycles. The van der Waals surface area contributed by atoms with Crippen molar-refractivity contribution in [1.29, 1.82) is 0 Å². The zero-order chi connectivity index (χ0) is 14.8. The van der Waals surface area contributed by atoms with Crippen molar-refractivity contribution in [3.8, 4) is 0 Å². The smallest absolute Gasteiger partial charge is 0.337 e. The molecule has 2 N–H and O–H groups in total. The van der Waals surface area contributed by atoms with Crippen LogP contribution in [0.4, 0.5) is 0 Å². The van der Waals surface area contributed by atoms with E-state index in [2.05, 4.69) is 4.89 Å². The summed E-state index contributed by atoms with van der Waals surface area (Å²) >= 11 is 5.74. The van der Waals surface area contributed by atoms with Gasteiger partial charge in [-0.05, 0) is 31.0 Å². The molecule has 0 bridgehead atoms. The van der Waals surface area contributed by atoms with Gasteiger partial charge < -0.3 is 5.11 Å². The van der Waals surface area contributed by atoms with Gasteiger partial charge in [-0.15, -0.1) is 0 Å². The van der Waals surface area contributed by atoms with Gasteiger partial charge in [-0.25, -0.2) is 13.2 Å². The highest BCUT2D eigenvalue weighted by Crippen LogP contribution is 2.23. The van der Waals surface area contributed by atoms with Gasteiger partial charge >= 0.3 is 5.97 Å². The van der Waals surface area contributed by atoms with E-state index in [1.165, 1.54) is 6.07 Å². The number of nitrogens with one attached hydrogen (secondary N) is 1. The molecule has 20 heavy (non-hydrogen) atoms. The lowest BCUT2D eigenvalue weighted by atomic mass is 10.2. The molecular formula is C12H14ClNO5S. The predicted molar refractivity (Wildman–Crippen MR) is 72.1 cm³/mol. The van der Waals surface area contributed by atoms with Crippen LogP contribution in [-0.4, -0.2) is 25.6 Å². The van der Waals surface area contributed by atoms with Crippen molar-refractivity contribution in [3.05, 3.63) is 28.8 Å². The number of halogens is 1. The normalized spacial score (nSPS) is 16.4. The molecule has 0 heterocycles. The fourth-order valence-corrected chi connectivity index (χ4v) is 3.23. The molecule has 1 aliphatic rings. The van der Waals surface area contributed by atoms with Crippen LogP contribution in [0.5, 0.6) is 0 Å². The van der Waals surface area contributed by atoms with Crippen LogP contribution in [0.15, 0.2) is 23.1 Å². The average Bonchev–Trinajstić information content (AvgIpc) is 2.89. The Bertz CT molecular complexity index is 610. The molecular weight excluding hydrogens is 306 g/mol. The highest BCUT2D eigenvalue weighted by atomic mass is 35.5. The fraction of sp³-hybridized carbons (Fsp3) is 0.417. The van der Waals surface area contributed by atoms with Crippen LogP contribution in [0.1, 0.15) is 36.0 Å². The second-order valence-corrected chi connectivity index (χ2v) is 6.61. The standard InChI is InChI=1S/C12H14ClNO5S/c13-11-7-9(5-6-10(11)12(15)16)20(17,18)14-19-8-3-1-2-4-8/h5-8,14H,1-4H2,(H,15,16). The van der Waals surface area contributed by atoms with E-state index in [0.29, 0.717) is 0 Å². The van der Waals surface area contributed by atoms with Crippen molar-refractivity contribution in [2.24, 2.45) is 0 Å². The minimum atomic E-state index is -3.86. The molecule has 8 heteroatoms. The van der Waals surface area contributed by atoms with Gasteiger partial charge in [0, 0.05) is 0 Å². The number of hydrogen-bond acceptors (Lipinski definition) is 4. The van der Waals surface area contributed by atoms with E-state index in [1.807, 2.05) is 0 Å². The lowest BCUT2D eigenvalue weighted by molar-refractivity contribution is 0.0223. The van der Waals surface area contributed by atoms with Crippen molar-refractivity contribution in [2.75, 3.05) is 0 Å². The Morgan fingerprint density at radius 3 is 2.55 bits per heavy atom. The molecule has 0 aliphatic heterocycles. The van der Waals surface area contributed by atoms with Gasteiger partial charge in [-0.1, -0.05) is 29.3 Å². The summed E-state index contributed by atoms with van der Waals surface area (Å²) in [6, 6.07) is 3.41. The molecule has 6 nitrogen and oxygen atoms in total. The van der Waals surface area contributed by atoms with Crippen molar-refractivity contribution in [2.45, 2.75) is 36.7 Å². The highest BCUT2D eigenvalue weighted by Gasteiger charge is 2.22. The minimum absolute atomic E-state index is 0.112. The molecule has 0 atom stereocenters. The maximum absolute atomic E-state index is 12.0. The van der Waals surface area contributed by atoms with Gasteiger partial charge in [0.15, 0.2) is 0 Å². The summed E-state index contributed by atoms with van der Waals surface area (Å²) in [6.07, 6.45) is 3.57. The number of carbonyl (C=O) groups is 1. The fourth-order valence-electron chi connectivity index (χ4n) is 2.02. The summed E-state index contributed by atoms with van der Waals surface area (Å²) in [6.45, 7) is 0. The zero-order valence-corrected chi connectivity index (χ0v) is 12.1. The van der Waals surface area contributed by atoms with E-state index in [4.69, 9.17) is 21.5 Å². The van der Waals surface area contributed by atoms with Crippen LogP contribution >= 0.6 is 11.6 Å². The third-order valence-corrected chi connectivity index (χ3v) is 4.61. The van der Waals surface area contributed by atoms with Gasteiger partial charge in [-0.3, -0.25) is 4.84 Å². The Hall–Kier alpha value is -1.15. The molecule has 1 aromatic carbocycles. The zero-order valence-electron chi connectivity index (χ0n) is 10.5. The van der Waals surface area contributed by atoms with Gasteiger partial charge in [-0.2, -0.15) is 0 Å². The topological polar surface area (TPSA) is 92.7 Å². The Morgan fingerprint density at radius 2 is 2.00 bits per heavy atom. The van der Waals surface area contributed by atoms with Crippen LogP contribution in [0, 0.1) is 0 Å². The van der Waals surface area contributed by atoms with Crippen LogP contribution in [0.25, 0.3) is 0 Å². The molecule has 110 valence electrons. The summed E-state index contributed by atoms with van der Waals surface area (Å²) in [7, 11) is -3.86. The average molecular weight is 320 g/mol. The third kappa shape index (κ3) is 3.49. The summed E-state index contributed by atoms with van der Waals surface area (Å²) in [5.41, 5.74) is -0.151. The van der Waals surface area contributed by atoms with Gasteiger partial charge in [0.05, 0.1) is 21.6 Å². The first-order valence-electron chi connectivity index (χ1n) is 6.10. The first-order valence-corrected chi connectivity index (χ1v) is 7.96. The molecule has 0 amide bonds. The molecule has 0 unspecified atom stereocenters. The number of sulfonamides is 1. The molecule has 1 aromatic rings. The van der Waals surface area contributed by atoms with E-state index in [-0.39, 0.29) is 21.6 Å². The largest absolute Gasteiger partial charge is 0.478 e. The van der Waals surface area contributed by atoms with E-state index in [0.717, 1.165) is 37.8 Å². The van der Waals surface area contributed by atoms with Crippen molar-refractivity contribution in [1.82, 2.24) is 4.89 Å². The molecule has 0 radical (unpaired) electrons. The second-order valence-electron chi connectivity index (χ2n) is 4.56. The van der Waals surface area contributed by atoms with Gasteiger partial charge in [0.1, 0.15) is 0 Å². The van der Waals surface area contributed by atoms with Crippen LogP contribution in [0.2, 0.25) is 5.02 Å². The monoisotopic (exact) mass is 319 g/mol. The van der Waals surface area contributed by atoms with Crippen molar-refractivity contribution in [3.63, 3.8) is 0 Å². The molecule has 1 aliphatic carbocycles. The maximum Gasteiger partial charge on any atom is 0.337 e. The van der Waals surface area contributed by atoms with E-state index in [9.17, 15) is 13.2 Å². The maximum atomic E-state index is 12.0. The first-order chi connectivity index (χ1) is 9.40. The highest BCUT2D eigenvalue weighted by molar-refractivity contribution is 7.89. The Balaban J connectivity index is 2.12. The Morgan fingerprint density at radius 1 is 1.35 bits per heavy atom. The molecule has 0 aromatic heterocycles. The number of aromatic carboxylic acids is 1. The summed E-state index contributed by atoms with van der Waals surface area (Å²) in [4.78, 5) is 17.9. The summed E-state index contributed by atoms with van der Waals surface area (Å²) in [5, 5.41) is 8.69. The van der Waals surface area contributed by atoms with Crippen LogP contribution < -0.4 is 4.89 Å². The van der Waals surface area contributed by atoms with Gasteiger partial charge in [0.2, 0.25) is 0 Å². The second kappa shape index (κ2) is 6.09. The summed E-state index contributed by atoms with van der Waals surface area (Å²) in [5.74, 6) is -1.21.